The fourth-order valence-electron chi connectivity index (χ4n) is 3.47. The van der Waals surface area contributed by atoms with Crippen LogP contribution in [0.3, 0.4) is 0 Å². The van der Waals surface area contributed by atoms with Crippen molar-refractivity contribution >= 4 is 10.0 Å². The van der Waals surface area contributed by atoms with Crippen LogP contribution in [0.25, 0.3) is 0 Å². The fourth-order valence-corrected chi connectivity index (χ4v) is 4.97. The minimum Gasteiger partial charge on any atom is -0.325 e. The molecule has 6 nitrogen and oxygen atoms in total. The molecule has 0 bridgehead atoms. The molecular weight excluding hydrogens is 288 g/mol. The molecule has 7 heteroatoms. The van der Waals surface area contributed by atoms with Crippen molar-refractivity contribution in [3.8, 4) is 0 Å². The topological polar surface area (TPSA) is 88.3 Å². The van der Waals surface area contributed by atoms with Gasteiger partial charge in [0.1, 0.15) is 4.90 Å². The maximum Gasteiger partial charge on any atom is 0.242 e. The number of nitrogens with one attached hydrogen (secondary N) is 1. The van der Waals surface area contributed by atoms with Crippen molar-refractivity contribution in [3.05, 3.63) is 24.0 Å². The molecule has 0 spiro atoms. The minimum atomic E-state index is -3.56. The van der Waals surface area contributed by atoms with E-state index in [1.165, 1.54) is 12.8 Å². The number of pyridine rings is 1. The number of sulfonamides is 1. The van der Waals surface area contributed by atoms with Crippen LogP contribution in [0.4, 0.5) is 0 Å². The number of rotatable bonds is 4. The van der Waals surface area contributed by atoms with E-state index in [1.807, 2.05) is 0 Å². The lowest BCUT2D eigenvalue weighted by atomic mass is 10.00. The number of piperidine rings is 1. The van der Waals surface area contributed by atoms with Gasteiger partial charge in [-0.3, -0.25) is 9.88 Å². The zero-order chi connectivity index (χ0) is 14.9. The summed E-state index contributed by atoms with van der Waals surface area (Å²) in [4.78, 5) is 6.68. The Labute approximate surface area is 125 Å². The van der Waals surface area contributed by atoms with Crippen LogP contribution in [0.1, 0.15) is 31.4 Å². The van der Waals surface area contributed by atoms with Crippen molar-refractivity contribution < 1.29 is 8.42 Å². The molecule has 1 aromatic heterocycles. The van der Waals surface area contributed by atoms with Crippen molar-refractivity contribution in [1.82, 2.24) is 14.6 Å². The highest BCUT2D eigenvalue weighted by Gasteiger charge is 2.38. The first-order valence-electron chi connectivity index (χ1n) is 7.52. The second kappa shape index (κ2) is 6.00. The van der Waals surface area contributed by atoms with Crippen LogP contribution >= 0.6 is 0 Å². The van der Waals surface area contributed by atoms with E-state index < -0.39 is 10.0 Å². The Morgan fingerprint density at radius 2 is 2.19 bits per heavy atom. The monoisotopic (exact) mass is 310 g/mol. The van der Waals surface area contributed by atoms with Crippen LogP contribution in [-0.2, 0) is 16.6 Å². The van der Waals surface area contributed by atoms with Crippen LogP contribution in [0.15, 0.2) is 23.2 Å². The van der Waals surface area contributed by atoms with Crippen LogP contribution in [0, 0.1) is 0 Å². The van der Waals surface area contributed by atoms with E-state index in [4.69, 9.17) is 5.73 Å². The smallest absolute Gasteiger partial charge is 0.242 e. The van der Waals surface area contributed by atoms with Crippen LogP contribution in [-0.4, -0.2) is 43.5 Å². The van der Waals surface area contributed by atoms with Gasteiger partial charge in [0.25, 0.3) is 0 Å². The van der Waals surface area contributed by atoms with Crippen LogP contribution in [0.5, 0.6) is 0 Å². The lowest BCUT2D eigenvalue weighted by Crippen LogP contribution is -2.46. The summed E-state index contributed by atoms with van der Waals surface area (Å²) in [6.07, 6.45) is 5.92. The van der Waals surface area contributed by atoms with Gasteiger partial charge in [-0.25, -0.2) is 13.1 Å². The zero-order valence-electron chi connectivity index (χ0n) is 12.0. The van der Waals surface area contributed by atoms with Gasteiger partial charge in [-0.05, 0) is 37.9 Å². The first-order chi connectivity index (χ1) is 10.1. The SMILES string of the molecule is NCc1ncccc1S(=O)(=O)NC1CCN2CCCCC12. The number of hydrogen-bond acceptors (Lipinski definition) is 5. The van der Waals surface area contributed by atoms with Crippen molar-refractivity contribution in [3.63, 3.8) is 0 Å². The van der Waals surface area contributed by atoms with Gasteiger partial charge >= 0.3 is 0 Å². The Morgan fingerprint density at radius 1 is 1.33 bits per heavy atom. The maximum absolute atomic E-state index is 12.6. The molecule has 0 aliphatic carbocycles. The zero-order valence-corrected chi connectivity index (χ0v) is 12.8. The highest BCUT2D eigenvalue weighted by molar-refractivity contribution is 7.89. The van der Waals surface area contributed by atoms with Gasteiger partial charge in [0.2, 0.25) is 10.0 Å². The second-order valence-electron chi connectivity index (χ2n) is 5.77. The van der Waals surface area contributed by atoms with E-state index in [0.717, 1.165) is 25.9 Å². The molecule has 2 aliphatic heterocycles. The molecule has 21 heavy (non-hydrogen) atoms. The lowest BCUT2D eigenvalue weighted by Gasteiger charge is -2.32. The molecule has 2 unspecified atom stereocenters. The Balaban J connectivity index is 1.80. The summed E-state index contributed by atoms with van der Waals surface area (Å²) in [6, 6.07) is 3.55. The Hall–Kier alpha value is -1.02. The first kappa shape index (κ1) is 14.9. The Kier molecular flexibility index (Phi) is 4.26. The molecule has 0 saturated carbocycles. The van der Waals surface area contributed by atoms with E-state index in [9.17, 15) is 8.42 Å². The average Bonchev–Trinajstić information content (AvgIpc) is 2.90. The maximum atomic E-state index is 12.6. The van der Waals surface area contributed by atoms with Crippen molar-refractivity contribution in [1.29, 1.82) is 0 Å². The summed E-state index contributed by atoms with van der Waals surface area (Å²) in [7, 11) is -3.56. The molecule has 116 valence electrons. The molecule has 3 N–H and O–H groups in total. The normalized spacial score (nSPS) is 26.7. The molecule has 2 fully saturated rings. The number of nitrogens with two attached hydrogens (primary N) is 1. The number of aromatic nitrogens is 1. The highest BCUT2D eigenvalue weighted by Crippen LogP contribution is 2.28. The number of nitrogens with zero attached hydrogens (tertiary/aromatic N) is 2. The van der Waals surface area contributed by atoms with Gasteiger partial charge < -0.3 is 5.73 Å². The van der Waals surface area contributed by atoms with Gasteiger partial charge in [-0.1, -0.05) is 6.42 Å². The average molecular weight is 310 g/mol. The molecule has 3 heterocycles. The molecule has 2 saturated heterocycles. The van der Waals surface area contributed by atoms with E-state index in [0.29, 0.717) is 11.7 Å². The van der Waals surface area contributed by atoms with Crippen molar-refractivity contribution in [2.24, 2.45) is 5.73 Å². The fraction of sp³-hybridized carbons (Fsp3) is 0.643. The molecule has 0 aromatic carbocycles. The number of fused-ring (bicyclic) bond motifs is 1. The largest absolute Gasteiger partial charge is 0.325 e. The Morgan fingerprint density at radius 3 is 3.00 bits per heavy atom. The first-order valence-corrected chi connectivity index (χ1v) is 9.00. The standard InChI is InChI=1S/C14H22N4O2S/c15-10-12-14(5-3-7-16-12)21(19,20)17-11-6-9-18-8-2-1-4-13(11)18/h3,5,7,11,13,17H,1-2,4,6,8-10,15H2. The number of hydrogen-bond donors (Lipinski definition) is 2. The van der Waals surface area contributed by atoms with E-state index in [2.05, 4.69) is 14.6 Å². The Bertz CT molecular complexity index is 605. The molecule has 2 aliphatic rings. The van der Waals surface area contributed by atoms with Crippen LogP contribution in [0.2, 0.25) is 0 Å². The van der Waals surface area contributed by atoms with Crippen molar-refractivity contribution in [2.75, 3.05) is 13.1 Å². The molecule has 0 amide bonds. The summed E-state index contributed by atoms with van der Waals surface area (Å²) in [6.45, 7) is 2.19. The molecular formula is C14H22N4O2S. The molecule has 2 atom stereocenters. The van der Waals surface area contributed by atoms with E-state index in [-0.39, 0.29) is 17.5 Å². The minimum absolute atomic E-state index is 0.00105. The van der Waals surface area contributed by atoms with E-state index in [1.54, 1.807) is 18.3 Å². The summed E-state index contributed by atoms with van der Waals surface area (Å²) < 4.78 is 28.1. The summed E-state index contributed by atoms with van der Waals surface area (Å²) in [5.41, 5.74) is 6.02. The van der Waals surface area contributed by atoms with Crippen LogP contribution < -0.4 is 10.5 Å². The van der Waals surface area contributed by atoms with E-state index >= 15 is 0 Å². The molecule has 0 radical (unpaired) electrons. The van der Waals surface area contributed by atoms with Gasteiger partial charge in [0.05, 0.1) is 5.69 Å². The third-order valence-electron chi connectivity index (χ3n) is 4.49. The summed E-state index contributed by atoms with van der Waals surface area (Å²) >= 11 is 0. The third kappa shape index (κ3) is 2.96. The highest BCUT2D eigenvalue weighted by atomic mass is 32.2. The van der Waals surface area contributed by atoms with Gasteiger partial charge in [-0.15, -0.1) is 0 Å². The summed E-state index contributed by atoms with van der Waals surface area (Å²) in [5, 5.41) is 0. The second-order valence-corrected chi connectivity index (χ2v) is 7.45. The van der Waals surface area contributed by atoms with Gasteiger partial charge in [0.15, 0.2) is 0 Å². The van der Waals surface area contributed by atoms with Gasteiger partial charge in [-0.2, -0.15) is 0 Å². The van der Waals surface area contributed by atoms with Gasteiger partial charge in [0, 0.05) is 31.4 Å². The summed E-state index contributed by atoms with van der Waals surface area (Å²) in [5.74, 6) is 0. The predicted molar refractivity (Wildman–Crippen MR) is 80.1 cm³/mol. The molecule has 3 rings (SSSR count). The molecule has 1 aromatic rings. The quantitative estimate of drug-likeness (QED) is 0.843. The predicted octanol–water partition coefficient (Wildman–Crippen LogP) is 0.445. The lowest BCUT2D eigenvalue weighted by molar-refractivity contribution is 0.186. The third-order valence-corrected chi connectivity index (χ3v) is 6.06. The van der Waals surface area contributed by atoms with Crippen molar-refractivity contribution in [2.45, 2.75) is 49.2 Å².